The number of piperidine rings is 1. The fraction of sp³-hybridized carbons (Fsp3) is 0.865. The highest BCUT2D eigenvalue weighted by Gasteiger charge is 2.57. The number of amides is 5. The number of carbonyl (C=O) groups is 5. The lowest BCUT2D eigenvalue weighted by Gasteiger charge is -2.48. The third-order valence-corrected chi connectivity index (χ3v) is 11.6. The zero-order chi connectivity index (χ0) is 33.9. The molecular weight excluding hydrogens is 612 g/mol. The average molecular weight is 673 g/mol. The zero-order valence-corrected chi connectivity index (χ0v) is 29.4. The lowest BCUT2D eigenvalue weighted by atomic mass is 9.78. The standard InChI is InChI=1S/C37H60N4O7/c1-2-47-37(46)40-20-12-18-30(26-40)25-31-33(35(44)48-27-29-16-9-4-10-17-29)41(34(31)43)36(45)39-23-21-38(22-24-39)32(42)19-11-5-8-15-28-13-6-3-7-14-28/h28-31,33H,2-27H2,1H3/t30?,31-,33?/m1/s1. The van der Waals surface area contributed by atoms with Crippen molar-refractivity contribution in [1.29, 1.82) is 0 Å². The normalized spacial score (nSPS) is 25.9. The van der Waals surface area contributed by atoms with Crippen LogP contribution in [0.25, 0.3) is 0 Å². The number of imide groups is 1. The Hall–Kier alpha value is -2.85. The smallest absolute Gasteiger partial charge is 0.409 e. The minimum Gasteiger partial charge on any atom is -0.464 e. The quantitative estimate of drug-likeness (QED) is 0.142. The van der Waals surface area contributed by atoms with Crippen molar-refractivity contribution >= 4 is 29.9 Å². The molecule has 3 saturated heterocycles. The minimum atomic E-state index is -0.958. The van der Waals surface area contributed by atoms with Gasteiger partial charge in [0.25, 0.3) is 0 Å². The van der Waals surface area contributed by atoms with Gasteiger partial charge < -0.3 is 24.2 Å². The van der Waals surface area contributed by atoms with Gasteiger partial charge in [0.1, 0.15) is 0 Å². The van der Waals surface area contributed by atoms with Crippen molar-refractivity contribution in [3.05, 3.63) is 0 Å². The summed E-state index contributed by atoms with van der Waals surface area (Å²) < 4.78 is 11.0. The van der Waals surface area contributed by atoms with E-state index >= 15 is 0 Å². The van der Waals surface area contributed by atoms with E-state index in [0.717, 1.165) is 62.2 Å². The van der Waals surface area contributed by atoms with Gasteiger partial charge in [-0.05, 0) is 63.2 Å². The highest BCUT2D eigenvalue weighted by molar-refractivity contribution is 6.07. The third kappa shape index (κ3) is 9.65. The molecule has 5 aliphatic rings. The summed E-state index contributed by atoms with van der Waals surface area (Å²) in [6, 6.07) is -1.43. The number of β-lactam (4-membered cyclic amide) rings is 1. The van der Waals surface area contributed by atoms with Crippen LogP contribution in [-0.2, 0) is 23.9 Å². The number of hydrogen-bond donors (Lipinski definition) is 0. The highest BCUT2D eigenvalue weighted by atomic mass is 16.6. The van der Waals surface area contributed by atoms with Crippen LogP contribution < -0.4 is 0 Å². The van der Waals surface area contributed by atoms with Gasteiger partial charge in [-0.15, -0.1) is 0 Å². The topological polar surface area (TPSA) is 117 Å². The number of hydrogen-bond acceptors (Lipinski definition) is 7. The number of rotatable bonds is 12. The van der Waals surface area contributed by atoms with Crippen LogP contribution >= 0.6 is 0 Å². The van der Waals surface area contributed by atoms with Crippen molar-refractivity contribution in [2.24, 2.45) is 23.7 Å². The highest BCUT2D eigenvalue weighted by Crippen LogP contribution is 2.37. The van der Waals surface area contributed by atoms with Gasteiger partial charge >= 0.3 is 18.1 Å². The Morgan fingerprint density at radius 3 is 2.02 bits per heavy atom. The SMILES string of the molecule is CCOC(=O)N1CCCC(C[C@H]2C(=O)N(C(=O)N3CCN(C(=O)CCCCCC4CCCCC4)CC3)C2C(=O)OCC2CCCCC2)C1. The summed E-state index contributed by atoms with van der Waals surface area (Å²) in [4.78, 5) is 72.5. The van der Waals surface area contributed by atoms with E-state index in [0.29, 0.717) is 71.2 Å². The van der Waals surface area contributed by atoms with E-state index in [-0.39, 0.29) is 23.8 Å². The molecule has 11 nitrogen and oxygen atoms in total. The monoisotopic (exact) mass is 672 g/mol. The Morgan fingerprint density at radius 1 is 0.688 bits per heavy atom. The first-order valence-corrected chi connectivity index (χ1v) is 19.3. The molecule has 5 rings (SSSR count). The van der Waals surface area contributed by atoms with Crippen LogP contribution in [0.2, 0.25) is 0 Å². The lowest BCUT2D eigenvalue weighted by molar-refractivity contribution is -0.172. The summed E-state index contributed by atoms with van der Waals surface area (Å²) in [5.74, 6) is -0.145. The first-order chi connectivity index (χ1) is 23.4. The van der Waals surface area contributed by atoms with Gasteiger partial charge in [-0.2, -0.15) is 0 Å². The Labute approximate surface area is 287 Å². The predicted molar refractivity (Wildman–Crippen MR) is 181 cm³/mol. The molecule has 0 aromatic heterocycles. The predicted octanol–water partition coefficient (Wildman–Crippen LogP) is 5.99. The van der Waals surface area contributed by atoms with Crippen molar-refractivity contribution in [3.8, 4) is 0 Å². The molecule has 0 bridgehead atoms. The molecule has 0 aromatic rings. The van der Waals surface area contributed by atoms with Gasteiger partial charge in [0, 0.05) is 45.7 Å². The molecular formula is C37H60N4O7. The molecule has 2 unspecified atom stereocenters. The molecule has 0 aromatic carbocycles. The number of unbranched alkanes of at least 4 members (excludes halogenated alkanes) is 2. The molecule has 5 amide bonds. The number of likely N-dealkylation sites (tertiary alicyclic amines) is 2. The molecule has 0 N–H and O–H groups in total. The van der Waals surface area contributed by atoms with Gasteiger partial charge in [-0.1, -0.05) is 70.6 Å². The van der Waals surface area contributed by atoms with Gasteiger partial charge in [-0.3, -0.25) is 9.59 Å². The first-order valence-electron chi connectivity index (χ1n) is 19.3. The summed E-state index contributed by atoms with van der Waals surface area (Å²) in [6.07, 6.45) is 19.1. The summed E-state index contributed by atoms with van der Waals surface area (Å²) in [5, 5.41) is 0. The van der Waals surface area contributed by atoms with Crippen LogP contribution in [0, 0.1) is 23.7 Å². The maximum Gasteiger partial charge on any atom is 0.409 e. The van der Waals surface area contributed by atoms with Crippen molar-refractivity contribution in [1.82, 2.24) is 19.6 Å². The summed E-state index contributed by atoms with van der Waals surface area (Å²) in [7, 11) is 0. The van der Waals surface area contributed by atoms with Gasteiger partial charge in [0.2, 0.25) is 11.8 Å². The van der Waals surface area contributed by atoms with Crippen LogP contribution in [0.5, 0.6) is 0 Å². The third-order valence-electron chi connectivity index (χ3n) is 11.6. The second kappa shape index (κ2) is 18.2. The van der Waals surface area contributed by atoms with E-state index < -0.39 is 24.0 Å². The van der Waals surface area contributed by atoms with Crippen molar-refractivity contribution < 1.29 is 33.4 Å². The van der Waals surface area contributed by atoms with Crippen LogP contribution in [-0.4, -0.2) is 108 Å². The molecule has 3 aliphatic heterocycles. The van der Waals surface area contributed by atoms with E-state index in [1.807, 2.05) is 4.90 Å². The summed E-state index contributed by atoms with van der Waals surface area (Å²) in [5.41, 5.74) is 0. The number of carbonyl (C=O) groups excluding carboxylic acids is 5. The molecule has 3 heterocycles. The van der Waals surface area contributed by atoms with Crippen LogP contribution in [0.15, 0.2) is 0 Å². The zero-order valence-electron chi connectivity index (χ0n) is 29.4. The number of esters is 1. The van der Waals surface area contributed by atoms with Crippen molar-refractivity contribution in [3.63, 3.8) is 0 Å². The molecule has 5 fully saturated rings. The maximum atomic E-state index is 13.8. The van der Waals surface area contributed by atoms with Crippen LogP contribution in [0.3, 0.4) is 0 Å². The molecule has 3 atom stereocenters. The van der Waals surface area contributed by atoms with E-state index in [4.69, 9.17) is 9.47 Å². The molecule has 0 spiro atoms. The molecule has 0 radical (unpaired) electrons. The fourth-order valence-corrected chi connectivity index (χ4v) is 8.72. The number of ether oxygens (including phenoxy) is 2. The molecule has 11 heteroatoms. The van der Waals surface area contributed by atoms with E-state index in [1.54, 1.807) is 16.7 Å². The number of piperazine rings is 1. The fourth-order valence-electron chi connectivity index (χ4n) is 8.72. The second-order valence-corrected chi connectivity index (χ2v) is 15.0. The molecule has 2 aliphatic carbocycles. The van der Waals surface area contributed by atoms with Gasteiger partial charge in [0.05, 0.1) is 19.1 Å². The van der Waals surface area contributed by atoms with Crippen LogP contribution in [0.4, 0.5) is 9.59 Å². The Kier molecular flexibility index (Phi) is 13.8. The molecule has 48 heavy (non-hydrogen) atoms. The van der Waals surface area contributed by atoms with Crippen molar-refractivity contribution in [2.75, 3.05) is 52.5 Å². The largest absolute Gasteiger partial charge is 0.464 e. The summed E-state index contributed by atoms with van der Waals surface area (Å²) >= 11 is 0. The van der Waals surface area contributed by atoms with E-state index in [2.05, 4.69) is 0 Å². The Balaban J connectivity index is 1.12. The van der Waals surface area contributed by atoms with Gasteiger partial charge in [-0.25, -0.2) is 19.3 Å². The Bertz CT molecular complexity index is 1100. The molecule has 270 valence electrons. The average Bonchev–Trinajstić information content (AvgIpc) is 3.12. The Morgan fingerprint density at radius 2 is 1.33 bits per heavy atom. The number of urea groups is 1. The lowest BCUT2D eigenvalue weighted by Crippen LogP contribution is -2.70. The summed E-state index contributed by atoms with van der Waals surface area (Å²) in [6.45, 7) is 5.01. The number of nitrogens with zero attached hydrogens (tertiary/aromatic N) is 4. The second-order valence-electron chi connectivity index (χ2n) is 15.0. The minimum absolute atomic E-state index is 0.0322. The first kappa shape index (κ1) is 36.4. The van der Waals surface area contributed by atoms with E-state index in [1.165, 1.54) is 51.4 Å². The van der Waals surface area contributed by atoms with Crippen LogP contribution in [0.1, 0.15) is 122 Å². The maximum absolute atomic E-state index is 13.8. The van der Waals surface area contributed by atoms with E-state index in [9.17, 15) is 24.0 Å². The molecule has 2 saturated carbocycles. The van der Waals surface area contributed by atoms with Crippen molar-refractivity contribution in [2.45, 2.75) is 129 Å². The van der Waals surface area contributed by atoms with Gasteiger partial charge in [0.15, 0.2) is 6.04 Å².